The zero-order valence-electron chi connectivity index (χ0n) is 12.1. The van der Waals surface area contributed by atoms with Gasteiger partial charge in [-0.1, -0.05) is 12.1 Å². The van der Waals surface area contributed by atoms with E-state index < -0.39 is 11.4 Å². The number of halogens is 1. The van der Waals surface area contributed by atoms with Gasteiger partial charge in [0, 0.05) is 11.3 Å². The van der Waals surface area contributed by atoms with Crippen molar-refractivity contribution in [2.45, 2.75) is 19.4 Å². The first-order chi connectivity index (χ1) is 10.4. The Morgan fingerprint density at radius 1 is 1.18 bits per heavy atom. The molecule has 2 aromatic rings. The standard InChI is InChI=1S/C17H13FN2OS/c1-17(2)13-8-11(4-6-15(13)20-16(22)21-17)10-3-5-14(18)12(7-10)9-19/h3-8H,1-2H3,(H,20,22). The Bertz CT molecular complexity index is 824. The smallest absolute Gasteiger partial charge is 0.262 e. The van der Waals surface area contributed by atoms with Crippen molar-refractivity contribution in [3.8, 4) is 17.2 Å². The Kier molecular flexibility index (Phi) is 3.34. The van der Waals surface area contributed by atoms with E-state index >= 15 is 0 Å². The second kappa shape index (κ2) is 5.08. The number of nitrogens with one attached hydrogen (secondary N) is 1. The van der Waals surface area contributed by atoms with Crippen molar-refractivity contribution in [3.63, 3.8) is 0 Å². The number of benzene rings is 2. The van der Waals surface area contributed by atoms with Gasteiger partial charge in [0.25, 0.3) is 5.17 Å². The molecule has 5 heteroatoms. The van der Waals surface area contributed by atoms with Gasteiger partial charge in [-0.2, -0.15) is 5.26 Å². The Labute approximate surface area is 133 Å². The van der Waals surface area contributed by atoms with Crippen LogP contribution in [0.2, 0.25) is 0 Å². The van der Waals surface area contributed by atoms with Gasteiger partial charge in [-0.15, -0.1) is 0 Å². The SMILES string of the molecule is CC1(C)OC(=S)Nc2ccc(-c3ccc(F)c(C#N)c3)cc21. The molecule has 0 radical (unpaired) electrons. The number of anilines is 1. The van der Waals surface area contributed by atoms with Crippen LogP contribution in [0.1, 0.15) is 25.0 Å². The molecule has 0 aliphatic carbocycles. The molecule has 110 valence electrons. The minimum atomic E-state index is -0.550. The first-order valence-corrected chi connectivity index (χ1v) is 7.16. The largest absolute Gasteiger partial charge is 0.460 e. The van der Waals surface area contributed by atoms with E-state index in [1.807, 2.05) is 38.1 Å². The molecule has 0 unspecified atom stereocenters. The number of thiocarbonyl (C=S) groups is 1. The lowest BCUT2D eigenvalue weighted by molar-refractivity contribution is 0.0947. The molecule has 0 aromatic heterocycles. The van der Waals surface area contributed by atoms with E-state index in [1.165, 1.54) is 6.07 Å². The maximum atomic E-state index is 13.5. The molecule has 0 saturated carbocycles. The Morgan fingerprint density at radius 2 is 1.86 bits per heavy atom. The fraction of sp³-hybridized carbons (Fsp3) is 0.176. The molecule has 1 aliphatic rings. The fourth-order valence-corrected chi connectivity index (χ4v) is 2.86. The van der Waals surface area contributed by atoms with Crippen LogP contribution in [0, 0.1) is 17.1 Å². The molecule has 0 amide bonds. The van der Waals surface area contributed by atoms with Crippen molar-refractivity contribution in [1.29, 1.82) is 5.26 Å². The highest BCUT2D eigenvalue weighted by Gasteiger charge is 2.31. The van der Waals surface area contributed by atoms with Gasteiger partial charge in [-0.3, -0.25) is 0 Å². The fourth-order valence-electron chi connectivity index (χ4n) is 2.54. The van der Waals surface area contributed by atoms with Gasteiger partial charge in [0.2, 0.25) is 0 Å². The quantitative estimate of drug-likeness (QED) is 0.796. The van der Waals surface area contributed by atoms with Crippen LogP contribution in [0.3, 0.4) is 0 Å². The molecule has 0 saturated heterocycles. The molecule has 22 heavy (non-hydrogen) atoms. The normalized spacial score (nSPS) is 15.3. The van der Waals surface area contributed by atoms with E-state index in [2.05, 4.69) is 5.32 Å². The van der Waals surface area contributed by atoms with Gasteiger partial charge < -0.3 is 10.1 Å². The first kappa shape index (κ1) is 14.5. The molecule has 0 fully saturated rings. The summed E-state index contributed by atoms with van der Waals surface area (Å²) in [4.78, 5) is 0. The lowest BCUT2D eigenvalue weighted by Crippen LogP contribution is -2.34. The Morgan fingerprint density at radius 3 is 2.59 bits per heavy atom. The zero-order chi connectivity index (χ0) is 15.9. The zero-order valence-corrected chi connectivity index (χ0v) is 12.9. The van der Waals surface area contributed by atoms with E-state index in [-0.39, 0.29) is 5.56 Å². The van der Waals surface area contributed by atoms with E-state index in [1.54, 1.807) is 12.1 Å². The van der Waals surface area contributed by atoms with Crippen molar-refractivity contribution in [2.24, 2.45) is 0 Å². The molecule has 1 heterocycles. The van der Waals surface area contributed by atoms with Crippen LogP contribution in [0.4, 0.5) is 10.1 Å². The van der Waals surface area contributed by atoms with Crippen LogP contribution in [0.5, 0.6) is 0 Å². The summed E-state index contributed by atoms with van der Waals surface area (Å²) in [5.74, 6) is -0.514. The van der Waals surface area contributed by atoms with E-state index in [0.717, 1.165) is 22.4 Å². The molecule has 3 rings (SSSR count). The monoisotopic (exact) mass is 312 g/mol. The highest BCUT2D eigenvalue weighted by Crippen LogP contribution is 2.38. The van der Waals surface area contributed by atoms with Crippen LogP contribution in [-0.4, -0.2) is 5.17 Å². The summed E-state index contributed by atoms with van der Waals surface area (Å²) in [5.41, 5.74) is 3.01. The third-order valence-corrected chi connectivity index (χ3v) is 3.86. The number of fused-ring (bicyclic) bond motifs is 1. The summed E-state index contributed by atoms with van der Waals surface area (Å²) < 4.78 is 19.1. The van der Waals surface area contributed by atoms with E-state index in [0.29, 0.717) is 5.17 Å². The van der Waals surface area contributed by atoms with Gasteiger partial charge >= 0.3 is 0 Å². The maximum absolute atomic E-state index is 13.5. The van der Waals surface area contributed by atoms with Crippen LogP contribution in [0.25, 0.3) is 11.1 Å². The van der Waals surface area contributed by atoms with Crippen molar-refractivity contribution in [3.05, 3.63) is 53.3 Å². The molecule has 0 spiro atoms. The van der Waals surface area contributed by atoms with Crippen molar-refractivity contribution < 1.29 is 9.13 Å². The minimum absolute atomic E-state index is 0.0324. The summed E-state index contributed by atoms with van der Waals surface area (Å²) in [5, 5.41) is 12.3. The Hall–Kier alpha value is -2.45. The molecular weight excluding hydrogens is 299 g/mol. The van der Waals surface area contributed by atoms with Crippen LogP contribution < -0.4 is 5.32 Å². The lowest BCUT2D eigenvalue weighted by atomic mass is 9.91. The van der Waals surface area contributed by atoms with Crippen LogP contribution in [0.15, 0.2) is 36.4 Å². The molecule has 2 aromatic carbocycles. The highest BCUT2D eigenvalue weighted by atomic mass is 32.1. The molecule has 0 atom stereocenters. The third kappa shape index (κ3) is 2.42. The summed E-state index contributed by atoms with van der Waals surface area (Å²) >= 11 is 5.09. The molecule has 3 nitrogen and oxygen atoms in total. The summed E-state index contributed by atoms with van der Waals surface area (Å²) in [6, 6.07) is 12.2. The number of hydrogen-bond donors (Lipinski definition) is 1. The van der Waals surface area contributed by atoms with Crippen molar-refractivity contribution >= 4 is 23.1 Å². The van der Waals surface area contributed by atoms with Gasteiger partial charge in [-0.05, 0) is 61.5 Å². The van der Waals surface area contributed by atoms with E-state index in [4.69, 9.17) is 22.2 Å². The average molecular weight is 312 g/mol. The van der Waals surface area contributed by atoms with Gasteiger partial charge in [0.15, 0.2) is 0 Å². The number of ether oxygens (including phenoxy) is 1. The predicted molar refractivity (Wildman–Crippen MR) is 86.9 cm³/mol. The number of rotatable bonds is 1. The molecule has 1 aliphatic heterocycles. The predicted octanol–water partition coefficient (Wildman–Crippen LogP) is 4.33. The molecule has 0 bridgehead atoms. The summed E-state index contributed by atoms with van der Waals surface area (Å²) in [7, 11) is 0. The number of nitriles is 1. The van der Waals surface area contributed by atoms with E-state index in [9.17, 15) is 4.39 Å². The van der Waals surface area contributed by atoms with Crippen LogP contribution >= 0.6 is 12.2 Å². The molecular formula is C17H13FN2OS. The number of nitrogens with zero attached hydrogens (tertiary/aromatic N) is 1. The highest BCUT2D eigenvalue weighted by molar-refractivity contribution is 7.80. The second-order valence-electron chi connectivity index (χ2n) is 5.59. The summed E-state index contributed by atoms with van der Waals surface area (Å²) in [6.07, 6.45) is 0. The minimum Gasteiger partial charge on any atom is -0.460 e. The Balaban J connectivity index is 2.12. The van der Waals surface area contributed by atoms with Gasteiger partial charge in [0.05, 0.1) is 5.56 Å². The maximum Gasteiger partial charge on any atom is 0.262 e. The average Bonchev–Trinajstić information content (AvgIpc) is 2.46. The van der Waals surface area contributed by atoms with Crippen molar-refractivity contribution in [2.75, 3.05) is 5.32 Å². The lowest BCUT2D eigenvalue weighted by Gasteiger charge is -2.34. The topological polar surface area (TPSA) is 45.0 Å². The first-order valence-electron chi connectivity index (χ1n) is 6.75. The van der Waals surface area contributed by atoms with Crippen LogP contribution in [-0.2, 0) is 10.3 Å². The van der Waals surface area contributed by atoms with Gasteiger partial charge in [0.1, 0.15) is 17.5 Å². The summed E-state index contributed by atoms with van der Waals surface area (Å²) in [6.45, 7) is 3.88. The third-order valence-electron chi connectivity index (χ3n) is 3.67. The van der Waals surface area contributed by atoms with Crippen molar-refractivity contribution in [1.82, 2.24) is 0 Å². The number of hydrogen-bond acceptors (Lipinski definition) is 3. The molecule has 1 N–H and O–H groups in total. The van der Waals surface area contributed by atoms with Gasteiger partial charge in [-0.25, -0.2) is 4.39 Å². The second-order valence-corrected chi connectivity index (χ2v) is 5.96.